The van der Waals surface area contributed by atoms with Gasteiger partial charge in [0.05, 0.1) is 32.0 Å². The standard InChI is InChI=1S/C25H43N3O9S2/c1-8-25(5,6)13-17(29)14-27-21(33)26(7)22(34)28(23(27)35)15-18(30)16-36-19(31)9-11-38-39-12-10-20(32)37-24(2,3)4/h17-18,29-30H,8-16H2,1-7H3. The van der Waals surface area contributed by atoms with Gasteiger partial charge in [-0.05, 0) is 32.6 Å². The Morgan fingerprint density at radius 1 is 0.846 bits per heavy atom. The molecule has 0 aliphatic rings. The van der Waals surface area contributed by atoms with Crippen molar-refractivity contribution in [3.8, 4) is 0 Å². The van der Waals surface area contributed by atoms with Crippen LogP contribution >= 0.6 is 21.6 Å². The van der Waals surface area contributed by atoms with Crippen molar-refractivity contribution in [1.82, 2.24) is 13.7 Å². The van der Waals surface area contributed by atoms with Crippen LogP contribution in [0.15, 0.2) is 14.4 Å². The number of esters is 2. The molecule has 2 N–H and O–H groups in total. The fourth-order valence-corrected chi connectivity index (χ4v) is 5.35. The molecule has 0 bridgehead atoms. The fourth-order valence-electron chi connectivity index (χ4n) is 3.41. The first kappa shape index (κ1) is 35.0. The summed E-state index contributed by atoms with van der Waals surface area (Å²) >= 11 is 0. The van der Waals surface area contributed by atoms with Gasteiger partial charge in [-0.2, -0.15) is 0 Å². The van der Waals surface area contributed by atoms with Crippen LogP contribution in [0.25, 0.3) is 0 Å². The SMILES string of the molecule is CCC(C)(C)CC(O)Cn1c(=O)n(C)c(=O)n(CC(O)COC(=O)CCSSCCC(=O)OC(C)(C)C)c1=O. The third kappa shape index (κ3) is 12.8. The number of ether oxygens (including phenoxy) is 2. The normalized spacial score (nSPS) is 13.7. The summed E-state index contributed by atoms with van der Waals surface area (Å²) in [6.45, 7) is 10.0. The van der Waals surface area contributed by atoms with Gasteiger partial charge in [0.1, 0.15) is 18.3 Å². The summed E-state index contributed by atoms with van der Waals surface area (Å²) in [5.41, 5.74) is -3.48. The lowest BCUT2D eigenvalue weighted by molar-refractivity contribution is -0.154. The van der Waals surface area contributed by atoms with E-state index in [4.69, 9.17) is 9.47 Å². The maximum absolute atomic E-state index is 12.9. The number of aromatic nitrogens is 3. The van der Waals surface area contributed by atoms with E-state index < -0.39 is 54.0 Å². The van der Waals surface area contributed by atoms with Gasteiger partial charge >= 0.3 is 29.0 Å². The van der Waals surface area contributed by atoms with E-state index in [0.29, 0.717) is 22.5 Å². The number of aliphatic hydroxyl groups excluding tert-OH is 2. The van der Waals surface area contributed by atoms with Gasteiger partial charge in [-0.3, -0.25) is 9.59 Å². The molecule has 0 spiro atoms. The number of hydrogen-bond acceptors (Lipinski definition) is 11. The van der Waals surface area contributed by atoms with E-state index in [1.54, 1.807) is 20.8 Å². The first-order valence-corrected chi connectivity index (χ1v) is 15.3. The molecule has 1 heterocycles. The van der Waals surface area contributed by atoms with Crippen LogP contribution < -0.4 is 17.1 Å². The highest BCUT2D eigenvalue weighted by molar-refractivity contribution is 8.76. The highest BCUT2D eigenvalue weighted by Crippen LogP contribution is 2.26. The van der Waals surface area contributed by atoms with Crippen LogP contribution in [0.3, 0.4) is 0 Å². The lowest BCUT2D eigenvalue weighted by atomic mass is 9.84. The molecule has 14 heteroatoms. The van der Waals surface area contributed by atoms with Crippen molar-refractivity contribution in [2.45, 2.75) is 98.1 Å². The second kappa shape index (κ2) is 15.7. The Morgan fingerprint density at radius 3 is 1.82 bits per heavy atom. The summed E-state index contributed by atoms with van der Waals surface area (Å²) in [5.74, 6) is 0.106. The maximum Gasteiger partial charge on any atom is 0.336 e. The molecular weight excluding hydrogens is 550 g/mol. The van der Waals surface area contributed by atoms with Gasteiger partial charge in [-0.1, -0.05) is 48.8 Å². The Bertz CT molecular complexity index is 1140. The number of carbonyl (C=O) groups is 2. The minimum atomic E-state index is -1.37. The molecular formula is C25H43N3O9S2. The fraction of sp³-hybridized carbons (Fsp3) is 0.800. The minimum absolute atomic E-state index is 0.0649. The zero-order valence-corrected chi connectivity index (χ0v) is 25.6. The largest absolute Gasteiger partial charge is 0.463 e. The first-order valence-electron chi connectivity index (χ1n) is 12.9. The molecule has 2 unspecified atom stereocenters. The third-order valence-electron chi connectivity index (χ3n) is 5.75. The summed E-state index contributed by atoms with van der Waals surface area (Å²) in [6, 6.07) is 0. The molecule has 224 valence electrons. The van der Waals surface area contributed by atoms with Crippen LogP contribution in [0.5, 0.6) is 0 Å². The molecule has 1 rings (SSSR count). The van der Waals surface area contributed by atoms with Crippen molar-refractivity contribution in [3.63, 3.8) is 0 Å². The molecule has 2 atom stereocenters. The predicted molar refractivity (Wildman–Crippen MR) is 152 cm³/mol. The molecule has 0 aromatic carbocycles. The minimum Gasteiger partial charge on any atom is -0.463 e. The Kier molecular flexibility index (Phi) is 14.1. The average Bonchev–Trinajstić information content (AvgIpc) is 2.82. The molecule has 0 saturated carbocycles. The van der Waals surface area contributed by atoms with Crippen LogP contribution in [0.1, 0.15) is 67.2 Å². The van der Waals surface area contributed by atoms with E-state index in [1.165, 1.54) is 28.6 Å². The summed E-state index contributed by atoms with van der Waals surface area (Å²) < 4.78 is 12.5. The summed E-state index contributed by atoms with van der Waals surface area (Å²) in [4.78, 5) is 61.6. The second-order valence-electron chi connectivity index (χ2n) is 11.1. The van der Waals surface area contributed by atoms with Crippen molar-refractivity contribution in [3.05, 3.63) is 31.5 Å². The van der Waals surface area contributed by atoms with Gasteiger partial charge in [0.2, 0.25) is 0 Å². The van der Waals surface area contributed by atoms with E-state index in [1.807, 2.05) is 20.8 Å². The molecule has 0 saturated heterocycles. The number of aliphatic hydroxyl groups is 2. The highest BCUT2D eigenvalue weighted by Gasteiger charge is 2.23. The third-order valence-corrected chi connectivity index (χ3v) is 8.16. The van der Waals surface area contributed by atoms with E-state index in [9.17, 15) is 34.2 Å². The average molecular weight is 594 g/mol. The van der Waals surface area contributed by atoms with Crippen LogP contribution in [0, 0.1) is 5.41 Å². The van der Waals surface area contributed by atoms with Crippen molar-refractivity contribution < 1.29 is 29.3 Å². The summed E-state index contributed by atoms with van der Waals surface area (Å²) in [5, 5.41) is 20.8. The van der Waals surface area contributed by atoms with Crippen molar-refractivity contribution >= 4 is 33.5 Å². The molecule has 0 amide bonds. The predicted octanol–water partition coefficient (Wildman–Crippen LogP) is 1.30. The van der Waals surface area contributed by atoms with Crippen molar-refractivity contribution in [2.24, 2.45) is 12.5 Å². The lowest BCUT2D eigenvalue weighted by Gasteiger charge is -2.26. The van der Waals surface area contributed by atoms with Gasteiger partial charge in [0.15, 0.2) is 0 Å². The van der Waals surface area contributed by atoms with E-state index in [2.05, 4.69) is 0 Å². The zero-order chi connectivity index (χ0) is 30.0. The quantitative estimate of drug-likeness (QED) is 0.162. The van der Waals surface area contributed by atoms with Gasteiger partial charge < -0.3 is 19.7 Å². The van der Waals surface area contributed by atoms with Crippen LogP contribution in [0.2, 0.25) is 0 Å². The Labute approximate surface area is 236 Å². The van der Waals surface area contributed by atoms with Crippen LogP contribution in [-0.2, 0) is 39.2 Å². The Balaban J connectivity index is 2.60. The van der Waals surface area contributed by atoms with E-state index in [0.717, 1.165) is 15.6 Å². The Hall–Kier alpha value is -2.03. The second-order valence-corrected chi connectivity index (χ2v) is 13.8. The number of carbonyl (C=O) groups excluding carboxylic acids is 2. The van der Waals surface area contributed by atoms with Crippen LogP contribution in [0.4, 0.5) is 0 Å². The number of hydrogen-bond donors (Lipinski definition) is 2. The van der Waals surface area contributed by atoms with Gasteiger partial charge in [0, 0.05) is 18.6 Å². The molecule has 12 nitrogen and oxygen atoms in total. The topological polar surface area (TPSA) is 159 Å². The molecule has 1 aromatic rings. The van der Waals surface area contributed by atoms with E-state index >= 15 is 0 Å². The molecule has 0 aliphatic heterocycles. The molecule has 0 aliphatic carbocycles. The van der Waals surface area contributed by atoms with Crippen molar-refractivity contribution in [2.75, 3.05) is 18.1 Å². The zero-order valence-electron chi connectivity index (χ0n) is 23.9. The molecule has 0 radical (unpaired) electrons. The molecule has 39 heavy (non-hydrogen) atoms. The Morgan fingerprint density at radius 2 is 1.33 bits per heavy atom. The van der Waals surface area contributed by atoms with Gasteiger partial charge in [-0.25, -0.2) is 28.1 Å². The van der Waals surface area contributed by atoms with Gasteiger partial charge in [-0.15, -0.1) is 0 Å². The molecule has 1 aromatic heterocycles. The lowest BCUT2D eigenvalue weighted by Crippen LogP contribution is -2.55. The monoisotopic (exact) mass is 593 g/mol. The summed E-state index contributed by atoms with van der Waals surface area (Å²) in [7, 11) is 4.03. The van der Waals surface area contributed by atoms with E-state index in [-0.39, 0.29) is 30.8 Å². The maximum atomic E-state index is 12.9. The highest BCUT2D eigenvalue weighted by atomic mass is 33.1. The number of nitrogens with zero attached hydrogens (tertiary/aromatic N) is 3. The van der Waals surface area contributed by atoms with Crippen LogP contribution in [-0.4, -0.2) is 71.8 Å². The van der Waals surface area contributed by atoms with Crippen molar-refractivity contribution in [1.29, 1.82) is 0 Å². The smallest absolute Gasteiger partial charge is 0.336 e. The summed E-state index contributed by atoms with van der Waals surface area (Å²) in [6.07, 6.45) is -0.909. The molecule has 0 fully saturated rings. The number of rotatable bonds is 16. The first-order chi connectivity index (χ1) is 18.0. The van der Waals surface area contributed by atoms with Gasteiger partial charge in [0.25, 0.3) is 0 Å².